The number of phosphoric acid groups is 1. The van der Waals surface area contributed by atoms with Gasteiger partial charge in [-0.2, -0.15) is 0 Å². The number of phosphoric ester groups is 1. The molecule has 0 aromatic rings. The number of hydrogen-bond donors (Lipinski definition) is 0. The molecular weight excluding hydrogens is 625 g/mol. The molecule has 0 saturated heterocycles. The van der Waals surface area contributed by atoms with Crippen molar-refractivity contribution in [3.8, 4) is 0 Å². The lowest BCUT2D eigenvalue weighted by Gasteiger charge is -2.28. The van der Waals surface area contributed by atoms with Crippen LogP contribution >= 0.6 is 7.82 Å². The summed E-state index contributed by atoms with van der Waals surface area (Å²) in [4.78, 5) is 24.3. The number of esters is 1. The summed E-state index contributed by atoms with van der Waals surface area (Å²) in [6.07, 6.45) is 33.8. The van der Waals surface area contributed by atoms with Crippen LogP contribution in [0.3, 0.4) is 0 Å². The van der Waals surface area contributed by atoms with Crippen LogP contribution in [0, 0.1) is 0 Å². The van der Waals surface area contributed by atoms with Crippen LogP contribution in [-0.4, -0.2) is 70.7 Å². The first kappa shape index (κ1) is 47.5. The number of ether oxygens (including phenoxy) is 2. The molecule has 0 aromatic heterocycles. The second-order valence-electron chi connectivity index (χ2n) is 15.0. The molecule has 0 bridgehead atoms. The van der Waals surface area contributed by atoms with Gasteiger partial charge in [0, 0.05) is 13.0 Å². The minimum atomic E-state index is -4.49. The Morgan fingerprint density at radius 2 is 0.958 bits per heavy atom. The summed E-state index contributed by atoms with van der Waals surface area (Å²) < 4.78 is 33.9. The van der Waals surface area contributed by atoms with Crippen LogP contribution in [0.25, 0.3) is 0 Å². The number of likely N-dealkylation sites (N-methyl/N-ethyl adjacent to an activating group) is 1. The van der Waals surface area contributed by atoms with E-state index in [1.807, 2.05) is 28.1 Å². The number of quaternary nitrogens is 1. The highest BCUT2D eigenvalue weighted by Crippen LogP contribution is 2.38. The highest BCUT2D eigenvalue weighted by molar-refractivity contribution is 7.45. The summed E-state index contributed by atoms with van der Waals surface area (Å²) in [6, 6.07) is 0. The summed E-state index contributed by atoms with van der Waals surface area (Å²) in [5, 5.41) is 0. The molecule has 8 nitrogen and oxygen atoms in total. The lowest BCUT2D eigenvalue weighted by atomic mass is 10.0. The first-order chi connectivity index (χ1) is 23.1. The third kappa shape index (κ3) is 36.8. The van der Waals surface area contributed by atoms with Gasteiger partial charge in [-0.1, -0.05) is 168 Å². The summed E-state index contributed by atoms with van der Waals surface area (Å²) in [5.41, 5.74) is 0. The quantitative estimate of drug-likeness (QED) is 0.0273. The maximum atomic E-state index is 12.2. The van der Waals surface area contributed by atoms with Gasteiger partial charge in [0.15, 0.2) is 0 Å². The largest absolute Gasteiger partial charge is 0.756 e. The third-order valence-corrected chi connectivity index (χ3v) is 9.87. The smallest absolute Gasteiger partial charge is 0.306 e. The molecule has 2 unspecified atom stereocenters. The number of hydrogen-bond acceptors (Lipinski definition) is 7. The van der Waals surface area contributed by atoms with Gasteiger partial charge < -0.3 is 27.9 Å². The Hall–Kier alpha value is -0.500. The maximum Gasteiger partial charge on any atom is 0.306 e. The minimum Gasteiger partial charge on any atom is -0.756 e. The summed E-state index contributed by atoms with van der Waals surface area (Å²) in [5.74, 6) is -0.365. The van der Waals surface area contributed by atoms with Crippen LogP contribution in [0.15, 0.2) is 0 Å². The SMILES string of the molecule is CCCCCCCCCCCCCCCCCCCCCCCCCCOCC(COP(=O)([O-])OCC[N+](C)(C)C)OC(=O)CCCC. The van der Waals surface area contributed by atoms with Crippen molar-refractivity contribution >= 4 is 13.8 Å². The first-order valence-electron chi connectivity index (χ1n) is 20.3. The molecule has 288 valence electrons. The van der Waals surface area contributed by atoms with Crippen molar-refractivity contribution < 1.29 is 37.3 Å². The van der Waals surface area contributed by atoms with Crippen molar-refractivity contribution in [1.82, 2.24) is 0 Å². The molecule has 0 aliphatic heterocycles. The second kappa shape index (κ2) is 33.6. The van der Waals surface area contributed by atoms with Gasteiger partial charge in [0.1, 0.15) is 19.3 Å². The number of rotatable bonds is 38. The molecule has 2 atom stereocenters. The van der Waals surface area contributed by atoms with Crippen LogP contribution in [-0.2, 0) is 27.9 Å². The van der Waals surface area contributed by atoms with Crippen molar-refractivity contribution in [2.24, 2.45) is 0 Å². The van der Waals surface area contributed by atoms with Gasteiger partial charge in [-0.25, -0.2) is 0 Å². The molecular formula is C39H80NO7P. The molecule has 9 heteroatoms. The van der Waals surface area contributed by atoms with Crippen LogP contribution < -0.4 is 4.89 Å². The average Bonchev–Trinajstić information content (AvgIpc) is 3.03. The van der Waals surface area contributed by atoms with E-state index in [4.69, 9.17) is 18.5 Å². The molecule has 0 saturated carbocycles. The van der Waals surface area contributed by atoms with E-state index in [2.05, 4.69) is 6.92 Å². The van der Waals surface area contributed by atoms with Gasteiger partial charge in [0.2, 0.25) is 0 Å². The van der Waals surface area contributed by atoms with E-state index in [1.165, 1.54) is 141 Å². The van der Waals surface area contributed by atoms with E-state index in [0.717, 1.165) is 25.7 Å². The van der Waals surface area contributed by atoms with Crippen molar-refractivity contribution in [1.29, 1.82) is 0 Å². The molecule has 0 fully saturated rings. The highest BCUT2D eigenvalue weighted by Gasteiger charge is 2.20. The zero-order valence-corrected chi connectivity index (χ0v) is 33.4. The monoisotopic (exact) mass is 706 g/mol. The van der Waals surface area contributed by atoms with Gasteiger partial charge in [0.05, 0.1) is 34.4 Å². The molecule has 0 radical (unpaired) electrons. The Morgan fingerprint density at radius 1 is 0.562 bits per heavy atom. The minimum absolute atomic E-state index is 0.0291. The van der Waals surface area contributed by atoms with E-state index in [-0.39, 0.29) is 25.8 Å². The van der Waals surface area contributed by atoms with Crippen molar-refractivity contribution in [2.45, 2.75) is 193 Å². The van der Waals surface area contributed by atoms with Crippen LogP contribution in [0.2, 0.25) is 0 Å². The molecule has 0 aromatic carbocycles. The Morgan fingerprint density at radius 3 is 1.35 bits per heavy atom. The molecule has 0 rings (SSSR count). The molecule has 0 aliphatic carbocycles. The van der Waals surface area contributed by atoms with E-state index in [1.54, 1.807) is 0 Å². The van der Waals surface area contributed by atoms with Crippen LogP contribution in [0.5, 0.6) is 0 Å². The average molecular weight is 706 g/mol. The van der Waals surface area contributed by atoms with E-state index in [0.29, 0.717) is 24.1 Å². The van der Waals surface area contributed by atoms with Crippen molar-refractivity contribution in [3.05, 3.63) is 0 Å². The zero-order valence-electron chi connectivity index (χ0n) is 32.5. The molecule has 0 aliphatic rings. The Bertz CT molecular complexity index is 746. The topological polar surface area (TPSA) is 94.1 Å². The molecule has 0 N–H and O–H groups in total. The lowest BCUT2D eigenvalue weighted by molar-refractivity contribution is -0.870. The van der Waals surface area contributed by atoms with E-state index in [9.17, 15) is 14.3 Å². The standard InChI is InChI=1S/C39H80NO7P/c1-6-8-10-11-12-13-14-15-16-17-18-19-20-21-22-23-24-25-26-27-28-29-30-31-34-44-36-38(47-39(41)32-9-7-2)37-46-48(42,43)45-35-33-40(3,4)5/h38H,6-37H2,1-5H3. The van der Waals surface area contributed by atoms with Gasteiger partial charge in [-0.15, -0.1) is 0 Å². The van der Waals surface area contributed by atoms with E-state index < -0.39 is 13.9 Å². The number of carbonyl (C=O) groups excluding carboxylic acids is 1. The number of unbranched alkanes of at least 4 members (excludes halogenated alkanes) is 24. The predicted octanol–water partition coefficient (Wildman–Crippen LogP) is 10.7. The highest BCUT2D eigenvalue weighted by atomic mass is 31.2. The molecule has 0 heterocycles. The van der Waals surface area contributed by atoms with Crippen molar-refractivity contribution in [2.75, 3.05) is 54.1 Å². The Balaban J connectivity index is 3.71. The molecule has 0 spiro atoms. The van der Waals surface area contributed by atoms with E-state index >= 15 is 0 Å². The Labute approximate surface area is 298 Å². The molecule has 0 amide bonds. The second-order valence-corrected chi connectivity index (χ2v) is 16.4. The predicted molar refractivity (Wildman–Crippen MR) is 199 cm³/mol. The maximum absolute atomic E-state index is 12.2. The van der Waals surface area contributed by atoms with Gasteiger partial charge >= 0.3 is 5.97 Å². The summed E-state index contributed by atoms with van der Waals surface area (Å²) >= 11 is 0. The fraction of sp³-hybridized carbons (Fsp3) is 0.974. The Kier molecular flexibility index (Phi) is 33.3. The first-order valence-corrected chi connectivity index (χ1v) is 21.7. The molecule has 48 heavy (non-hydrogen) atoms. The van der Waals surface area contributed by atoms with Crippen molar-refractivity contribution in [3.63, 3.8) is 0 Å². The van der Waals surface area contributed by atoms with Crippen LogP contribution in [0.4, 0.5) is 0 Å². The third-order valence-electron chi connectivity index (χ3n) is 8.91. The number of carbonyl (C=O) groups is 1. The summed E-state index contributed by atoms with van der Waals surface area (Å²) in [7, 11) is 1.36. The lowest BCUT2D eigenvalue weighted by Crippen LogP contribution is -2.37. The summed E-state index contributed by atoms with van der Waals surface area (Å²) in [6.45, 7) is 5.20. The zero-order chi connectivity index (χ0) is 35.6. The van der Waals surface area contributed by atoms with Gasteiger partial charge in [0.25, 0.3) is 7.82 Å². The normalized spacial score (nSPS) is 13.9. The van der Waals surface area contributed by atoms with Gasteiger partial charge in [-0.05, 0) is 12.8 Å². The van der Waals surface area contributed by atoms with Crippen LogP contribution in [0.1, 0.15) is 187 Å². The van der Waals surface area contributed by atoms with Gasteiger partial charge in [-0.3, -0.25) is 9.36 Å². The fourth-order valence-corrected chi connectivity index (χ4v) is 6.43. The number of nitrogens with zero attached hydrogens (tertiary/aromatic N) is 1. The fourth-order valence-electron chi connectivity index (χ4n) is 5.70.